The van der Waals surface area contributed by atoms with Crippen molar-refractivity contribution in [1.82, 2.24) is 10.6 Å². The number of methoxy groups -OCH3 is 1. The van der Waals surface area contributed by atoms with E-state index in [9.17, 15) is 4.79 Å². The van der Waals surface area contributed by atoms with Gasteiger partial charge >= 0.3 is 0 Å². The quantitative estimate of drug-likeness (QED) is 0.774. The molecule has 1 unspecified atom stereocenters. The van der Waals surface area contributed by atoms with Gasteiger partial charge < -0.3 is 15.4 Å². The van der Waals surface area contributed by atoms with Gasteiger partial charge in [0.1, 0.15) is 5.75 Å². The van der Waals surface area contributed by atoms with E-state index in [2.05, 4.69) is 43.5 Å². The highest BCUT2D eigenvalue weighted by molar-refractivity contribution is 5.76. The summed E-state index contributed by atoms with van der Waals surface area (Å²) in [4.78, 5) is 11.7. The molecule has 1 aromatic carbocycles. The summed E-state index contributed by atoms with van der Waals surface area (Å²) in [5.74, 6) is 1.47. The Kier molecular flexibility index (Phi) is 7.23. The summed E-state index contributed by atoms with van der Waals surface area (Å²) in [7, 11) is 1.68. The number of carbonyl (C=O) groups is 1. The maximum absolute atomic E-state index is 11.7. The average molecular weight is 292 g/mol. The molecule has 0 bridgehead atoms. The highest BCUT2D eigenvalue weighted by Crippen LogP contribution is 2.25. The van der Waals surface area contributed by atoms with E-state index in [1.54, 1.807) is 7.11 Å². The van der Waals surface area contributed by atoms with E-state index >= 15 is 0 Å². The van der Waals surface area contributed by atoms with Crippen molar-refractivity contribution in [2.24, 2.45) is 5.92 Å². The Morgan fingerprint density at radius 2 is 2.00 bits per heavy atom. The minimum absolute atomic E-state index is 0.0965. The first kappa shape index (κ1) is 17.5. The van der Waals surface area contributed by atoms with Crippen molar-refractivity contribution in [3.8, 4) is 5.75 Å². The number of hydrogen-bond donors (Lipinski definition) is 2. The van der Waals surface area contributed by atoms with E-state index < -0.39 is 0 Å². The van der Waals surface area contributed by atoms with Crippen LogP contribution in [0.4, 0.5) is 0 Å². The molecule has 2 N–H and O–H groups in total. The summed E-state index contributed by atoms with van der Waals surface area (Å²) >= 11 is 0. The van der Waals surface area contributed by atoms with Crippen LogP contribution in [-0.2, 0) is 4.79 Å². The van der Waals surface area contributed by atoms with Gasteiger partial charge in [-0.25, -0.2) is 0 Å². The summed E-state index contributed by atoms with van der Waals surface area (Å²) in [6, 6.07) is 6.33. The third-order valence-electron chi connectivity index (χ3n) is 3.37. The minimum Gasteiger partial charge on any atom is -0.496 e. The molecule has 0 radical (unpaired) electrons. The second-order valence-electron chi connectivity index (χ2n) is 5.87. The van der Waals surface area contributed by atoms with Crippen LogP contribution in [-0.4, -0.2) is 26.1 Å². The second-order valence-corrected chi connectivity index (χ2v) is 5.87. The van der Waals surface area contributed by atoms with Crippen LogP contribution in [0.25, 0.3) is 0 Å². The highest BCUT2D eigenvalue weighted by atomic mass is 16.5. The molecule has 1 rings (SSSR count). The highest BCUT2D eigenvalue weighted by Gasteiger charge is 2.11. The van der Waals surface area contributed by atoms with Crippen molar-refractivity contribution < 1.29 is 9.53 Å². The lowest BCUT2D eigenvalue weighted by Gasteiger charge is -2.18. The van der Waals surface area contributed by atoms with E-state index in [1.165, 1.54) is 5.56 Å². The Bertz CT molecular complexity index is 458. The molecule has 0 saturated heterocycles. The molecule has 0 saturated carbocycles. The summed E-state index contributed by atoms with van der Waals surface area (Å²) in [6.45, 7) is 9.69. The number of rotatable bonds is 8. The maximum atomic E-state index is 11.7. The number of hydrogen-bond acceptors (Lipinski definition) is 3. The molecule has 4 nitrogen and oxygen atoms in total. The topological polar surface area (TPSA) is 50.4 Å². The molecule has 118 valence electrons. The van der Waals surface area contributed by atoms with Crippen LogP contribution in [0, 0.1) is 12.8 Å². The zero-order valence-corrected chi connectivity index (χ0v) is 13.8. The first-order valence-electron chi connectivity index (χ1n) is 7.58. The molecule has 1 atom stereocenters. The molecular formula is C17H28N2O2. The summed E-state index contributed by atoms with van der Waals surface area (Å²) in [5, 5.41) is 6.29. The number of carbonyl (C=O) groups excluding carboxylic acids is 1. The summed E-state index contributed by atoms with van der Waals surface area (Å²) < 4.78 is 5.42. The Labute approximate surface area is 128 Å². The van der Waals surface area contributed by atoms with Gasteiger partial charge in [-0.1, -0.05) is 26.0 Å². The van der Waals surface area contributed by atoms with E-state index in [0.29, 0.717) is 18.9 Å². The maximum Gasteiger partial charge on any atom is 0.221 e. The fraction of sp³-hybridized carbons (Fsp3) is 0.588. The largest absolute Gasteiger partial charge is 0.496 e. The normalized spacial score (nSPS) is 12.3. The third kappa shape index (κ3) is 6.17. The summed E-state index contributed by atoms with van der Waals surface area (Å²) in [6.07, 6.45) is 0.491. The predicted octanol–water partition coefficient (Wildman–Crippen LogP) is 2.82. The van der Waals surface area contributed by atoms with Crippen LogP contribution >= 0.6 is 0 Å². The van der Waals surface area contributed by atoms with Gasteiger partial charge in [0.05, 0.1) is 7.11 Å². The van der Waals surface area contributed by atoms with Gasteiger partial charge in [-0.15, -0.1) is 0 Å². The summed E-state index contributed by atoms with van der Waals surface area (Å²) in [5.41, 5.74) is 2.29. The molecule has 0 aromatic heterocycles. The molecule has 0 fully saturated rings. The molecule has 1 aromatic rings. The Hall–Kier alpha value is -1.55. The van der Waals surface area contributed by atoms with Gasteiger partial charge in [0, 0.05) is 31.1 Å². The van der Waals surface area contributed by atoms with Gasteiger partial charge in [-0.2, -0.15) is 0 Å². The fourth-order valence-electron chi connectivity index (χ4n) is 2.09. The van der Waals surface area contributed by atoms with Crippen molar-refractivity contribution in [2.75, 3.05) is 20.2 Å². The Morgan fingerprint density at radius 3 is 2.62 bits per heavy atom. The zero-order chi connectivity index (χ0) is 15.8. The Balaban J connectivity index is 2.43. The molecule has 1 amide bonds. The van der Waals surface area contributed by atoms with Crippen LogP contribution in [0.15, 0.2) is 18.2 Å². The second kappa shape index (κ2) is 8.67. The lowest BCUT2D eigenvalue weighted by molar-refractivity contribution is -0.121. The molecule has 0 spiro atoms. The zero-order valence-electron chi connectivity index (χ0n) is 13.8. The van der Waals surface area contributed by atoms with Gasteiger partial charge in [-0.3, -0.25) is 4.79 Å². The minimum atomic E-state index is 0.0965. The number of amides is 1. The molecule has 0 aliphatic rings. The van der Waals surface area contributed by atoms with E-state index in [0.717, 1.165) is 17.9 Å². The van der Waals surface area contributed by atoms with Crippen LogP contribution in [0.3, 0.4) is 0 Å². The van der Waals surface area contributed by atoms with Gasteiger partial charge in [0.25, 0.3) is 0 Å². The van der Waals surface area contributed by atoms with Crippen LogP contribution in [0.5, 0.6) is 5.75 Å². The van der Waals surface area contributed by atoms with E-state index in [1.807, 2.05) is 13.0 Å². The monoisotopic (exact) mass is 292 g/mol. The molecule has 0 aliphatic carbocycles. The lowest BCUT2D eigenvalue weighted by Crippen LogP contribution is -2.31. The third-order valence-corrected chi connectivity index (χ3v) is 3.37. The number of benzene rings is 1. The Morgan fingerprint density at radius 1 is 1.29 bits per heavy atom. The average Bonchev–Trinajstić information content (AvgIpc) is 2.44. The van der Waals surface area contributed by atoms with Gasteiger partial charge in [-0.05, 0) is 31.4 Å². The van der Waals surface area contributed by atoms with Crippen LogP contribution < -0.4 is 15.4 Å². The molecule has 0 heterocycles. The molecular weight excluding hydrogens is 264 g/mol. The number of ether oxygens (including phenoxy) is 1. The molecule has 4 heteroatoms. The van der Waals surface area contributed by atoms with Crippen molar-refractivity contribution in [3.63, 3.8) is 0 Å². The van der Waals surface area contributed by atoms with Crippen molar-refractivity contribution in [2.45, 2.75) is 40.2 Å². The lowest BCUT2D eigenvalue weighted by atomic mass is 10.0. The smallest absolute Gasteiger partial charge is 0.221 e. The number of nitrogens with one attached hydrogen (secondary N) is 2. The molecule has 21 heavy (non-hydrogen) atoms. The number of aryl methyl sites for hydroxylation is 1. The van der Waals surface area contributed by atoms with Crippen molar-refractivity contribution >= 4 is 5.91 Å². The molecule has 0 aliphatic heterocycles. The van der Waals surface area contributed by atoms with Crippen molar-refractivity contribution in [1.29, 1.82) is 0 Å². The van der Waals surface area contributed by atoms with Crippen molar-refractivity contribution in [3.05, 3.63) is 29.3 Å². The van der Waals surface area contributed by atoms with Crippen LogP contribution in [0.2, 0.25) is 0 Å². The predicted molar refractivity (Wildman–Crippen MR) is 86.6 cm³/mol. The first-order chi connectivity index (χ1) is 9.93. The standard InChI is InChI=1S/C17H28N2O2/c1-12(2)11-19-17(20)8-9-18-14(4)15-7-6-13(3)10-16(15)21-5/h6-7,10,12,14,18H,8-9,11H2,1-5H3,(H,19,20). The first-order valence-corrected chi connectivity index (χ1v) is 7.58. The van der Waals surface area contributed by atoms with Gasteiger partial charge in [0.2, 0.25) is 5.91 Å². The van der Waals surface area contributed by atoms with E-state index in [4.69, 9.17) is 4.74 Å². The SMILES string of the molecule is COc1cc(C)ccc1C(C)NCCC(=O)NCC(C)C. The fourth-order valence-corrected chi connectivity index (χ4v) is 2.09. The van der Waals surface area contributed by atoms with E-state index in [-0.39, 0.29) is 11.9 Å². The van der Waals surface area contributed by atoms with Gasteiger partial charge in [0.15, 0.2) is 0 Å². The van der Waals surface area contributed by atoms with Crippen LogP contribution in [0.1, 0.15) is 44.4 Å².